The molecule has 0 radical (unpaired) electrons. The molecule has 0 aliphatic rings. The second-order valence-electron chi connectivity index (χ2n) is 5.89. The molecule has 1 N–H and O–H groups in total. The number of thiazole rings is 1. The Morgan fingerprint density at radius 1 is 1.25 bits per heavy atom. The molecule has 0 aliphatic heterocycles. The maximum Gasteiger partial charge on any atom is 0.341 e. The molecule has 28 heavy (non-hydrogen) atoms. The number of hydrogen-bond donors (Lipinski definition) is 1. The second kappa shape index (κ2) is 7.28. The van der Waals surface area contributed by atoms with Crippen LogP contribution in [0.15, 0.2) is 47.2 Å². The molecule has 2 heterocycles. The Morgan fingerprint density at radius 3 is 2.93 bits per heavy atom. The lowest BCUT2D eigenvalue weighted by molar-refractivity contribution is -0.123. The molecule has 0 saturated carbocycles. The van der Waals surface area contributed by atoms with E-state index in [1.807, 2.05) is 12.1 Å². The largest absolute Gasteiger partial charge is 0.497 e. The zero-order chi connectivity index (χ0) is 19.7. The van der Waals surface area contributed by atoms with Crippen molar-refractivity contribution < 1.29 is 23.5 Å². The molecule has 2 aromatic heterocycles. The van der Waals surface area contributed by atoms with E-state index in [4.69, 9.17) is 13.9 Å². The van der Waals surface area contributed by atoms with E-state index >= 15 is 0 Å². The van der Waals surface area contributed by atoms with Crippen LogP contribution in [0.3, 0.4) is 0 Å². The van der Waals surface area contributed by atoms with Crippen LogP contribution in [0.5, 0.6) is 5.75 Å². The number of hydrogen-bond acceptors (Lipinski definition) is 8. The van der Waals surface area contributed by atoms with Gasteiger partial charge in [-0.2, -0.15) is 0 Å². The third-order valence-electron chi connectivity index (χ3n) is 4.06. The van der Waals surface area contributed by atoms with Crippen LogP contribution in [-0.2, 0) is 9.53 Å². The van der Waals surface area contributed by atoms with Crippen molar-refractivity contribution in [1.29, 1.82) is 0 Å². The van der Waals surface area contributed by atoms with Gasteiger partial charge in [-0.15, -0.1) is 0 Å². The zero-order valence-corrected chi connectivity index (χ0v) is 15.8. The molecular formula is C19H15N3O5S. The minimum absolute atomic E-state index is 0.234. The lowest BCUT2D eigenvalue weighted by Crippen LogP contribution is -2.30. The van der Waals surface area contributed by atoms with Crippen LogP contribution in [0.2, 0.25) is 0 Å². The fraction of sp³-hybridized carbons (Fsp3) is 0.158. The topological polar surface area (TPSA) is 104 Å². The number of nitrogens with zero attached hydrogens (tertiary/aromatic N) is 2. The van der Waals surface area contributed by atoms with Crippen LogP contribution >= 0.6 is 11.3 Å². The number of rotatable bonds is 5. The van der Waals surface area contributed by atoms with Crippen molar-refractivity contribution in [2.75, 3.05) is 12.4 Å². The number of benzene rings is 2. The summed E-state index contributed by atoms with van der Waals surface area (Å²) >= 11 is 1.30. The zero-order valence-electron chi connectivity index (χ0n) is 15.0. The van der Waals surface area contributed by atoms with E-state index in [1.165, 1.54) is 24.7 Å². The van der Waals surface area contributed by atoms with Crippen molar-refractivity contribution in [3.8, 4) is 5.75 Å². The number of oxazole rings is 1. The first-order valence-corrected chi connectivity index (χ1v) is 9.15. The number of ether oxygens (including phenoxy) is 2. The van der Waals surface area contributed by atoms with Crippen LogP contribution in [0.25, 0.3) is 21.3 Å². The summed E-state index contributed by atoms with van der Waals surface area (Å²) in [7, 11) is 1.58. The van der Waals surface area contributed by atoms with Gasteiger partial charge in [0.25, 0.3) is 5.91 Å². The highest BCUT2D eigenvalue weighted by Gasteiger charge is 2.22. The first-order chi connectivity index (χ1) is 13.5. The summed E-state index contributed by atoms with van der Waals surface area (Å²) in [6.45, 7) is 1.49. The molecule has 142 valence electrons. The first-order valence-electron chi connectivity index (χ1n) is 8.34. The molecule has 2 aromatic carbocycles. The van der Waals surface area contributed by atoms with E-state index in [9.17, 15) is 9.59 Å². The number of para-hydroxylation sites is 1. The molecule has 0 spiro atoms. The lowest BCUT2D eigenvalue weighted by atomic mass is 10.2. The predicted molar refractivity (Wildman–Crippen MR) is 104 cm³/mol. The summed E-state index contributed by atoms with van der Waals surface area (Å²) in [5.74, 6) is -0.429. The fourth-order valence-electron chi connectivity index (χ4n) is 2.62. The third-order valence-corrected chi connectivity index (χ3v) is 4.99. The Balaban J connectivity index is 1.46. The van der Waals surface area contributed by atoms with Crippen molar-refractivity contribution in [2.45, 2.75) is 13.0 Å². The molecule has 4 rings (SSSR count). The number of anilines is 1. The smallest absolute Gasteiger partial charge is 0.341 e. The number of carbonyl (C=O) groups excluding carboxylic acids is 2. The highest BCUT2D eigenvalue weighted by molar-refractivity contribution is 7.22. The number of fused-ring (bicyclic) bond motifs is 2. The summed E-state index contributed by atoms with van der Waals surface area (Å²) in [6.07, 6.45) is 0.232. The van der Waals surface area contributed by atoms with Gasteiger partial charge in [-0.05, 0) is 37.3 Å². The minimum Gasteiger partial charge on any atom is -0.497 e. The standard InChI is InChI=1S/C19H15N3O5S/c1-10(27-18(24)12-4-3-5-14-16(12)20-9-26-14)17(23)22-19-21-13-7-6-11(25-2)8-15(13)28-19/h3-10H,1-2H3,(H,21,22,23). The second-order valence-corrected chi connectivity index (χ2v) is 6.92. The number of amides is 1. The maximum absolute atomic E-state index is 12.4. The highest BCUT2D eigenvalue weighted by atomic mass is 32.1. The average Bonchev–Trinajstić information content (AvgIpc) is 3.32. The third kappa shape index (κ3) is 3.39. The molecule has 8 nitrogen and oxygen atoms in total. The van der Waals surface area contributed by atoms with Crippen LogP contribution in [0.4, 0.5) is 5.13 Å². The van der Waals surface area contributed by atoms with Gasteiger partial charge < -0.3 is 13.9 Å². The Labute approximate surface area is 163 Å². The Hall–Kier alpha value is -3.46. The number of aromatic nitrogens is 2. The highest BCUT2D eigenvalue weighted by Crippen LogP contribution is 2.29. The summed E-state index contributed by atoms with van der Waals surface area (Å²) in [5.41, 5.74) is 1.83. The monoisotopic (exact) mass is 397 g/mol. The van der Waals surface area contributed by atoms with E-state index in [2.05, 4.69) is 15.3 Å². The van der Waals surface area contributed by atoms with Gasteiger partial charge in [0.15, 0.2) is 23.2 Å². The van der Waals surface area contributed by atoms with Crippen LogP contribution < -0.4 is 10.1 Å². The van der Waals surface area contributed by atoms with Crippen molar-refractivity contribution in [1.82, 2.24) is 9.97 Å². The minimum atomic E-state index is -1.02. The predicted octanol–water partition coefficient (Wildman–Crippen LogP) is 3.63. The van der Waals surface area contributed by atoms with E-state index < -0.39 is 18.0 Å². The molecule has 4 aromatic rings. The van der Waals surface area contributed by atoms with Gasteiger partial charge in [-0.25, -0.2) is 14.8 Å². The molecule has 1 amide bonds. The molecule has 0 fully saturated rings. The van der Waals surface area contributed by atoms with Crippen molar-refractivity contribution in [3.63, 3.8) is 0 Å². The quantitative estimate of drug-likeness (QED) is 0.513. The van der Waals surface area contributed by atoms with Gasteiger partial charge in [0, 0.05) is 0 Å². The van der Waals surface area contributed by atoms with E-state index in [1.54, 1.807) is 31.4 Å². The summed E-state index contributed by atoms with van der Waals surface area (Å²) in [5, 5.41) is 3.09. The summed E-state index contributed by atoms with van der Waals surface area (Å²) in [4.78, 5) is 33.2. The number of methoxy groups -OCH3 is 1. The number of nitrogens with one attached hydrogen (secondary N) is 1. The van der Waals surface area contributed by atoms with Crippen molar-refractivity contribution in [3.05, 3.63) is 48.4 Å². The van der Waals surface area contributed by atoms with Gasteiger partial charge in [-0.1, -0.05) is 17.4 Å². The summed E-state index contributed by atoms with van der Waals surface area (Å²) < 4.78 is 16.5. The molecule has 9 heteroatoms. The lowest BCUT2D eigenvalue weighted by Gasteiger charge is -2.12. The van der Waals surface area contributed by atoms with Gasteiger partial charge in [0.1, 0.15) is 11.3 Å². The maximum atomic E-state index is 12.4. The Morgan fingerprint density at radius 2 is 2.11 bits per heavy atom. The van der Waals surface area contributed by atoms with E-state index in [0.717, 1.165) is 10.2 Å². The molecule has 0 saturated heterocycles. The molecule has 1 unspecified atom stereocenters. The van der Waals surface area contributed by atoms with Crippen molar-refractivity contribution in [2.24, 2.45) is 0 Å². The van der Waals surface area contributed by atoms with Crippen LogP contribution in [0, 0.1) is 0 Å². The fourth-order valence-corrected chi connectivity index (χ4v) is 3.52. The Kier molecular flexibility index (Phi) is 4.66. The number of esters is 1. The van der Waals surface area contributed by atoms with Gasteiger partial charge in [-0.3, -0.25) is 10.1 Å². The van der Waals surface area contributed by atoms with E-state index in [-0.39, 0.29) is 5.56 Å². The van der Waals surface area contributed by atoms with E-state index in [0.29, 0.717) is 22.0 Å². The van der Waals surface area contributed by atoms with Gasteiger partial charge in [0.2, 0.25) is 0 Å². The van der Waals surface area contributed by atoms with Crippen LogP contribution in [0.1, 0.15) is 17.3 Å². The van der Waals surface area contributed by atoms with Crippen LogP contribution in [-0.4, -0.2) is 35.1 Å². The van der Waals surface area contributed by atoms with Gasteiger partial charge in [0.05, 0.1) is 22.9 Å². The van der Waals surface area contributed by atoms with Gasteiger partial charge >= 0.3 is 5.97 Å². The summed E-state index contributed by atoms with van der Waals surface area (Å²) in [6, 6.07) is 10.4. The normalized spacial score (nSPS) is 12.1. The molecular weight excluding hydrogens is 382 g/mol. The van der Waals surface area contributed by atoms with Crippen molar-refractivity contribution >= 4 is 49.7 Å². The molecule has 0 aliphatic carbocycles. The number of carbonyl (C=O) groups is 2. The molecule has 1 atom stereocenters. The molecule has 0 bridgehead atoms. The SMILES string of the molecule is COc1ccc2nc(NC(=O)C(C)OC(=O)c3cccc4ocnc34)sc2c1. The average molecular weight is 397 g/mol. The first kappa shape index (κ1) is 17.9. The Bertz CT molecular complexity index is 1180.